The molecule has 4 radical (unpaired) electrons. The third-order valence-electron chi connectivity index (χ3n) is 4.85. The van der Waals surface area contributed by atoms with E-state index in [1.54, 1.807) is 42.7 Å². The highest BCUT2D eigenvalue weighted by atomic mass is 28.3. The Morgan fingerprint density at radius 3 is 0.786 bits per heavy atom. The Kier molecular flexibility index (Phi) is 21.4. The van der Waals surface area contributed by atoms with Crippen LogP contribution in [0, 0.1) is 0 Å². The molecule has 28 heavy (non-hydrogen) atoms. The Bertz CT molecular complexity index is 271. The van der Waals surface area contributed by atoms with Gasteiger partial charge in [-0.05, 0) is 18.1 Å². The van der Waals surface area contributed by atoms with Gasteiger partial charge >= 0.3 is 27.9 Å². The molecule has 0 spiro atoms. The summed E-state index contributed by atoms with van der Waals surface area (Å²) in [6.07, 6.45) is 7.62. The van der Waals surface area contributed by atoms with Crippen LogP contribution in [-0.2, 0) is 26.6 Å². The predicted octanol–water partition coefficient (Wildman–Crippen LogP) is 4.16. The number of rotatable bonds is 21. The van der Waals surface area contributed by atoms with Crippen molar-refractivity contribution in [3.63, 3.8) is 0 Å². The molecule has 0 saturated heterocycles. The van der Waals surface area contributed by atoms with E-state index in [2.05, 4.69) is 0 Å². The molecule has 0 aliphatic carbocycles. The van der Waals surface area contributed by atoms with Crippen molar-refractivity contribution in [1.82, 2.24) is 0 Å². The molecule has 0 aromatic carbocycles. The van der Waals surface area contributed by atoms with Gasteiger partial charge in [0.15, 0.2) is 0 Å². The molecule has 0 heterocycles. The molecule has 0 N–H and O–H groups in total. The van der Waals surface area contributed by atoms with Gasteiger partial charge in [-0.15, -0.1) is 0 Å². The van der Waals surface area contributed by atoms with E-state index in [9.17, 15) is 0 Å². The van der Waals surface area contributed by atoms with Gasteiger partial charge in [-0.2, -0.15) is 0 Å². The van der Waals surface area contributed by atoms with Crippen LogP contribution in [0.3, 0.4) is 0 Å². The second kappa shape index (κ2) is 20.9. The van der Waals surface area contributed by atoms with Crippen LogP contribution in [0.25, 0.3) is 0 Å². The lowest BCUT2D eigenvalue weighted by Crippen LogP contribution is -2.20. The maximum atomic E-state index is 5.40. The molecule has 0 aliphatic rings. The van der Waals surface area contributed by atoms with E-state index in [-0.39, 0.29) is 8.80 Å². The van der Waals surface area contributed by atoms with Gasteiger partial charge in [0.1, 0.15) is 0 Å². The molecular weight excluding hydrogens is 425 g/mol. The molecule has 0 atom stereocenters. The van der Waals surface area contributed by atoms with Gasteiger partial charge in [0.25, 0.3) is 0 Å². The lowest BCUT2D eigenvalue weighted by molar-refractivity contribution is 0.276. The van der Waals surface area contributed by atoms with Crippen LogP contribution in [0.15, 0.2) is 0 Å². The van der Waals surface area contributed by atoms with Crippen molar-refractivity contribution in [3.8, 4) is 0 Å². The Morgan fingerprint density at radius 2 is 0.571 bits per heavy atom. The van der Waals surface area contributed by atoms with E-state index in [0.717, 1.165) is 18.1 Å². The second-order valence-electron chi connectivity index (χ2n) is 6.71. The number of unbranched alkanes of at least 4 members (excludes halogenated alkanes) is 3. The molecule has 6 nitrogen and oxygen atoms in total. The van der Waals surface area contributed by atoms with Crippen LogP contribution in [0.4, 0.5) is 0 Å². The van der Waals surface area contributed by atoms with Crippen LogP contribution in [0.1, 0.15) is 38.5 Å². The summed E-state index contributed by atoms with van der Waals surface area (Å²) in [5, 5.41) is 0. The highest BCUT2D eigenvalue weighted by molar-refractivity contribution is 6.58. The zero-order valence-corrected chi connectivity index (χ0v) is 22.9. The molecule has 0 bridgehead atoms. The first-order valence-corrected chi connectivity index (χ1v) is 17.0. The summed E-state index contributed by atoms with van der Waals surface area (Å²) in [5.41, 5.74) is 0. The first-order valence-electron chi connectivity index (χ1n) is 10.3. The average Bonchev–Trinajstić information content (AvgIpc) is 2.73. The van der Waals surface area contributed by atoms with Gasteiger partial charge in [-0.1, -0.05) is 56.7 Å². The summed E-state index contributed by atoms with van der Waals surface area (Å²) in [6.45, 7) is 0. The summed E-state index contributed by atoms with van der Waals surface area (Å²) >= 11 is 0. The van der Waals surface area contributed by atoms with Crippen LogP contribution >= 0.6 is 0 Å². The van der Waals surface area contributed by atoms with E-state index >= 15 is 0 Å². The number of hydrogen-bond acceptors (Lipinski definition) is 6. The van der Waals surface area contributed by atoms with Crippen molar-refractivity contribution < 1.29 is 26.6 Å². The SMILES string of the molecule is CO[Si](CCCC[Si](CCCC[Si](OC)OC)CCCC[Si](OC)OC)OC. The standard InChI is InChI=1S/C18H42O6Si4/c1-19-26(20-2)16-10-7-13-25(14-8-11-17-27(21-3)22-4)15-9-12-18-28(23-5)24-6/h7-18H2,1-6H3. The van der Waals surface area contributed by atoms with Crippen molar-refractivity contribution in [2.45, 2.75) is 74.8 Å². The van der Waals surface area contributed by atoms with E-state index in [1.807, 2.05) is 0 Å². The van der Waals surface area contributed by atoms with Gasteiger partial charge in [0.2, 0.25) is 0 Å². The topological polar surface area (TPSA) is 55.4 Å². The van der Waals surface area contributed by atoms with Gasteiger partial charge in [0.05, 0.1) is 0 Å². The van der Waals surface area contributed by atoms with E-state index in [4.69, 9.17) is 26.6 Å². The van der Waals surface area contributed by atoms with Crippen LogP contribution in [0.2, 0.25) is 36.3 Å². The fraction of sp³-hybridized carbons (Fsp3) is 1.00. The van der Waals surface area contributed by atoms with Gasteiger partial charge < -0.3 is 26.6 Å². The normalized spacial score (nSPS) is 12.2. The molecule has 0 fully saturated rings. The van der Waals surface area contributed by atoms with E-state index in [0.29, 0.717) is 0 Å². The Hall–Kier alpha value is 0.628. The summed E-state index contributed by atoms with van der Waals surface area (Å²) in [5.74, 6) is 0. The van der Waals surface area contributed by atoms with Crippen LogP contribution in [0.5, 0.6) is 0 Å². The quantitative estimate of drug-likeness (QED) is 0.187. The first kappa shape index (κ1) is 28.6. The summed E-state index contributed by atoms with van der Waals surface area (Å²) in [4.78, 5) is 0. The summed E-state index contributed by atoms with van der Waals surface area (Å²) in [6, 6.07) is 7.50. The van der Waals surface area contributed by atoms with Crippen LogP contribution in [-0.4, -0.2) is 79.3 Å². The Labute approximate surface area is 180 Å². The summed E-state index contributed by atoms with van der Waals surface area (Å²) in [7, 11) is 7.20. The van der Waals surface area contributed by atoms with Crippen molar-refractivity contribution in [2.75, 3.05) is 42.7 Å². The smallest absolute Gasteiger partial charge is 0.384 e. The lowest BCUT2D eigenvalue weighted by atomic mass is 10.4. The first-order chi connectivity index (χ1) is 13.6. The molecule has 0 amide bonds. The zero-order valence-electron chi connectivity index (χ0n) is 18.9. The average molecular weight is 467 g/mol. The molecule has 0 aromatic heterocycles. The lowest BCUT2D eigenvalue weighted by Gasteiger charge is -2.17. The zero-order chi connectivity index (χ0) is 21.0. The van der Waals surface area contributed by atoms with Gasteiger partial charge in [-0.25, -0.2) is 0 Å². The maximum Gasteiger partial charge on any atom is 0.384 e. The maximum absolute atomic E-state index is 5.40. The summed E-state index contributed by atoms with van der Waals surface area (Å²) < 4.78 is 32.4. The third kappa shape index (κ3) is 15.5. The molecular formula is C18H42O6Si4. The minimum Gasteiger partial charge on any atom is -0.397 e. The van der Waals surface area contributed by atoms with Crippen LogP contribution < -0.4 is 0 Å². The molecule has 0 saturated carbocycles. The fourth-order valence-corrected chi connectivity index (χ4v) is 9.51. The van der Waals surface area contributed by atoms with Crippen molar-refractivity contribution in [1.29, 1.82) is 0 Å². The van der Waals surface area contributed by atoms with Crippen molar-refractivity contribution >= 4 is 36.6 Å². The minimum atomic E-state index is -1.03. The largest absolute Gasteiger partial charge is 0.397 e. The van der Waals surface area contributed by atoms with E-state index < -0.39 is 27.9 Å². The number of hydrogen-bond donors (Lipinski definition) is 0. The fourth-order valence-electron chi connectivity index (χ4n) is 3.17. The molecule has 10 heteroatoms. The predicted molar refractivity (Wildman–Crippen MR) is 122 cm³/mol. The minimum absolute atomic E-state index is 0.288. The van der Waals surface area contributed by atoms with Crippen molar-refractivity contribution in [3.05, 3.63) is 0 Å². The van der Waals surface area contributed by atoms with Crippen molar-refractivity contribution in [2.24, 2.45) is 0 Å². The molecule has 0 unspecified atom stereocenters. The highest BCUT2D eigenvalue weighted by Gasteiger charge is 2.17. The molecule has 0 aromatic rings. The highest BCUT2D eigenvalue weighted by Crippen LogP contribution is 2.20. The van der Waals surface area contributed by atoms with Gasteiger partial charge in [0, 0.05) is 51.5 Å². The Morgan fingerprint density at radius 1 is 0.357 bits per heavy atom. The molecule has 0 rings (SSSR count). The Balaban J connectivity index is 4.17. The third-order valence-corrected chi connectivity index (χ3v) is 13.0. The monoisotopic (exact) mass is 466 g/mol. The molecule has 166 valence electrons. The van der Waals surface area contributed by atoms with E-state index in [1.165, 1.54) is 56.7 Å². The molecule has 0 aliphatic heterocycles. The second-order valence-corrected chi connectivity index (χ2v) is 15.9. The van der Waals surface area contributed by atoms with Gasteiger partial charge in [-0.3, -0.25) is 0 Å².